The maximum Gasteiger partial charge on any atom is 0.191 e. The first-order chi connectivity index (χ1) is 11.1. The summed E-state index contributed by atoms with van der Waals surface area (Å²) in [5, 5.41) is 7.18. The molecule has 1 aromatic carbocycles. The lowest BCUT2D eigenvalue weighted by Gasteiger charge is -2.30. The number of hydrogen-bond donors (Lipinski definition) is 2. The quantitative estimate of drug-likeness (QED) is 0.348. The summed E-state index contributed by atoms with van der Waals surface area (Å²) in [5.41, 5.74) is 1.20. The molecule has 136 valence electrons. The van der Waals surface area contributed by atoms with Gasteiger partial charge in [-0.1, -0.05) is 41.4 Å². The summed E-state index contributed by atoms with van der Waals surface area (Å²) in [6.45, 7) is 2.74. The highest BCUT2D eigenvalue weighted by Gasteiger charge is 2.25. The number of aliphatic imine (C=N–C) groups is 1. The van der Waals surface area contributed by atoms with Crippen molar-refractivity contribution in [2.75, 3.05) is 12.8 Å². The van der Waals surface area contributed by atoms with E-state index in [1.807, 2.05) is 19.1 Å². The lowest BCUT2D eigenvalue weighted by molar-refractivity contribution is 0.413. The maximum atomic E-state index is 12.0. The van der Waals surface area contributed by atoms with Crippen LogP contribution in [0.1, 0.15) is 38.2 Å². The van der Waals surface area contributed by atoms with Gasteiger partial charge in [-0.05, 0) is 37.0 Å². The van der Waals surface area contributed by atoms with Gasteiger partial charge in [-0.3, -0.25) is 9.20 Å². The van der Waals surface area contributed by atoms with Gasteiger partial charge in [0.25, 0.3) is 0 Å². The van der Waals surface area contributed by atoms with Crippen LogP contribution < -0.4 is 10.6 Å². The van der Waals surface area contributed by atoms with Crippen molar-refractivity contribution in [3.8, 4) is 0 Å². The van der Waals surface area contributed by atoms with Crippen molar-refractivity contribution in [2.24, 2.45) is 4.99 Å². The lowest BCUT2D eigenvalue weighted by atomic mass is 9.95. The van der Waals surface area contributed by atoms with Gasteiger partial charge < -0.3 is 10.6 Å². The molecule has 0 radical (unpaired) electrons. The Bertz CT molecular complexity index is 571. The number of benzene rings is 1. The fraction of sp³-hybridized carbons (Fsp3) is 0.588. The molecule has 0 aromatic heterocycles. The Labute approximate surface area is 173 Å². The van der Waals surface area contributed by atoms with Gasteiger partial charge in [0.15, 0.2) is 5.96 Å². The van der Waals surface area contributed by atoms with E-state index >= 15 is 0 Å². The van der Waals surface area contributed by atoms with E-state index < -0.39 is 10.8 Å². The highest BCUT2D eigenvalue weighted by Crippen LogP contribution is 2.23. The van der Waals surface area contributed by atoms with Gasteiger partial charge in [0.2, 0.25) is 0 Å². The first kappa shape index (κ1) is 21.9. The molecule has 0 spiro atoms. The minimum absolute atomic E-state index is 0. The third-order valence-corrected chi connectivity index (χ3v) is 6.43. The van der Waals surface area contributed by atoms with Gasteiger partial charge >= 0.3 is 0 Å². The van der Waals surface area contributed by atoms with Crippen LogP contribution in [0.25, 0.3) is 0 Å². The molecule has 4 nitrogen and oxygen atoms in total. The normalized spacial score (nSPS) is 22.4. The molecule has 0 saturated heterocycles. The monoisotopic (exact) mass is 527 g/mol. The molecule has 0 amide bonds. The van der Waals surface area contributed by atoms with E-state index in [4.69, 9.17) is 0 Å². The minimum atomic E-state index is -0.692. The molecule has 2 N–H and O–H groups in total. The van der Waals surface area contributed by atoms with Crippen molar-refractivity contribution in [1.29, 1.82) is 0 Å². The number of hydrogen-bond acceptors (Lipinski definition) is 2. The first-order valence-corrected chi connectivity index (χ1v) is 10.4. The SMILES string of the molecule is CCS(=O)C1CCCC(NC(=NC)NCc2cccc(Br)c2)C1.I. The molecular formula is C17H27BrIN3OS. The van der Waals surface area contributed by atoms with Gasteiger partial charge in [-0.25, -0.2) is 0 Å². The van der Waals surface area contributed by atoms with Crippen LogP contribution in [0.5, 0.6) is 0 Å². The second kappa shape index (κ2) is 11.5. The molecular weight excluding hydrogens is 501 g/mol. The molecule has 1 saturated carbocycles. The van der Waals surface area contributed by atoms with E-state index in [1.165, 1.54) is 5.56 Å². The second-order valence-electron chi connectivity index (χ2n) is 5.85. The molecule has 1 aliphatic rings. The van der Waals surface area contributed by atoms with Crippen molar-refractivity contribution >= 4 is 56.7 Å². The highest BCUT2D eigenvalue weighted by atomic mass is 127. The first-order valence-electron chi connectivity index (χ1n) is 8.21. The maximum absolute atomic E-state index is 12.0. The zero-order chi connectivity index (χ0) is 16.7. The highest BCUT2D eigenvalue weighted by molar-refractivity contribution is 14.0. The van der Waals surface area contributed by atoms with Gasteiger partial charge in [0, 0.05) is 45.9 Å². The van der Waals surface area contributed by atoms with E-state index in [1.54, 1.807) is 7.05 Å². The predicted octanol–water partition coefficient (Wildman–Crippen LogP) is 3.81. The average Bonchev–Trinajstić information content (AvgIpc) is 2.58. The Morgan fingerprint density at radius 2 is 2.21 bits per heavy atom. The zero-order valence-electron chi connectivity index (χ0n) is 14.3. The third-order valence-electron chi connectivity index (χ3n) is 4.20. The Morgan fingerprint density at radius 1 is 1.42 bits per heavy atom. The summed E-state index contributed by atoms with van der Waals surface area (Å²) in [6.07, 6.45) is 4.31. The number of rotatable bonds is 5. The molecule has 0 heterocycles. The second-order valence-corrected chi connectivity index (χ2v) is 8.78. The largest absolute Gasteiger partial charge is 0.354 e. The van der Waals surface area contributed by atoms with Gasteiger partial charge in [-0.2, -0.15) is 0 Å². The Balaban J connectivity index is 0.00000288. The Hall–Kier alpha value is -0.150. The summed E-state index contributed by atoms with van der Waals surface area (Å²) in [4.78, 5) is 4.32. The predicted molar refractivity (Wildman–Crippen MR) is 118 cm³/mol. The Kier molecular flexibility index (Phi) is 10.5. The summed E-state index contributed by atoms with van der Waals surface area (Å²) < 4.78 is 13.1. The van der Waals surface area contributed by atoms with Crippen LogP contribution in [-0.4, -0.2) is 34.3 Å². The van der Waals surface area contributed by atoms with Crippen molar-refractivity contribution in [1.82, 2.24) is 10.6 Å². The van der Waals surface area contributed by atoms with Crippen LogP contribution in [0.4, 0.5) is 0 Å². The smallest absolute Gasteiger partial charge is 0.191 e. The fourth-order valence-corrected chi connectivity index (χ4v) is 4.77. The molecule has 1 aromatic rings. The van der Waals surface area contributed by atoms with Crippen LogP contribution in [-0.2, 0) is 17.3 Å². The zero-order valence-corrected chi connectivity index (χ0v) is 19.0. The van der Waals surface area contributed by atoms with E-state index in [0.717, 1.165) is 48.4 Å². The lowest BCUT2D eigenvalue weighted by Crippen LogP contribution is -2.46. The molecule has 2 rings (SSSR count). The topological polar surface area (TPSA) is 53.5 Å². The molecule has 1 fully saturated rings. The molecule has 3 atom stereocenters. The van der Waals surface area contributed by atoms with Crippen molar-refractivity contribution in [2.45, 2.75) is 50.4 Å². The average molecular weight is 528 g/mol. The van der Waals surface area contributed by atoms with Gasteiger partial charge in [-0.15, -0.1) is 24.0 Å². The molecule has 0 aliphatic heterocycles. The molecule has 7 heteroatoms. The third kappa shape index (κ3) is 7.00. The number of nitrogens with zero attached hydrogens (tertiary/aromatic N) is 1. The summed E-state index contributed by atoms with van der Waals surface area (Å²) in [7, 11) is 1.10. The molecule has 3 unspecified atom stereocenters. The van der Waals surface area contributed by atoms with Crippen LogP contribution >= 0.6 is 39.9 Å². The summed E-state index contributed by atoms with van der Waals surface area (Å²) in [6, 6.07) is 8.60. The number of halogens is 2. The van der Waals surface area contributed by atoms with Crippen molar-refractivity contribution < 1.29 is 4.21 Å². The molecule has 24 heavy (non-hydrogen) atoms. The fourth-order valence-electron chi connectivity index (χ4n) is 2.97. The van der Waals surface area contributed by atoms with Crippen LogP contribution in [0.2, 0.25) is 0 Å². The molecule has 1 aliphatic carbocycles. The van der Waals surface area contributed by atoms with Gasteiger partial charge in [0.1, 0.15) is 0 Å². The van der Waals surface area contributed by atoms with Crippen LogP contribution in [0.15, 0.2) is 33.7 Å². The van der Waals surface area contributed by atoms with E-state index in [9.17, 15) is 4.21 Å². The standard InChI is InChI=1S/C17H26BrN3OS.HI/c1-3-23(22)16-9-5-8-15(11-16)21-17(19-2)20-12-13-6-4-7-14(18)10-13;/h4,6-7,10,15-16H,3,5,8-9,11-12H2,1-2H3,(H2,19,20,21);1H. The van der Waals surface area contributed by atoms with E-state index in [2.05, 4.69) is 43.7 Å². The van der Waals surface area contributed by atoms with Crippen molar-refractivity contribution in [3.05, 3.63) is 34.3 Å². The van der Waals surface area contributed by atoms with Crippen molar-refractivity contribution in [3.63, 3.8) is 0 Å². The molecule has 0 bridgehead atoms. The van der Waals surface area contributed by atoms with E-state index in [-0.39, 0.29) is 24.0 Å². The number of guanidine groups is 1. The van der Waals surface area contributed by atoms with Crippen LogP contribution in [0, 0.1) is 0 Å². The minimum Gasteiger partial charge on any atom is -0.354 e. The number of nitrogens with one attached hydrogen (secondary N) is 2. The van der Waals surface area contributed by atoms with Gasteiger partial charge in [0.05, 0.1) is 0 Å². The summed E-state index contributed by atoms with van der Waals surface area (Å²) >= 11 is 3.49. The summed E-state index contributed by atoms with van der Waals surface area (Å²) in [5.74, 6) is 1.57. The van der Waals surface area contributed by atoms with E-state index in [0.29, 0.717) is 11.3 Å². The Morgan fingerprint density at radius 3 is 2.88 bits per heavy atom. The van der Waals surface area contributed by atoms with Crippen LogP contribution in [0.3, 0.4) is 0 Å².